The number of ether oxygens (including phenoxy) is 1. The Morgan fingerprint density at radius 2 is 1.25 bits per heavy atom. The Morgan fingerprint density at radius 1 is 0.786 bits per heavy atom. The highest BCUT2D eigenvalue weighted by atomic mass is 16.5. The summed E-state index contributed by atoms with van der Waals surface area (Å²) in [6.45, 7) is 13.1. The first kappa shape index (κ1) is 26.4. The second kappa shape index (κ2) is 16.4. The number of hydrogen-bond acceptors (Lipinski definition) is 2. The molecule has 0 fully saturated rings. The molecule has 0 radical (unpaired) electrons. The topological polar surface area (TPSA) is 26.3 Å². The Hall–Kier alpha value is -1.57. The first-order chi connectivity index (χ1) is 13.3. The average molecular weight is 389 g/mol. The van der Waals surface area contributed by atoms with Crippen LogP contribution >= 0.6 is 0 Å². The maximum Gasteiger partial charge on any atom is 0.308 e. The van der Waals surface area contributed by atoms with E-state index in [0.717, 1.165) is 51.4 Å². The molecule has 160 valence electrons. The van der Waals surface area contributed by atoms with Crippen molar-refractivity contribution in [3.05, 3.63) is 46.6 Å². The van der Waals surface area contributed by atoms with Crippen LogP contribution < -0.4 is 0 Å². The van der Waals surface area contributed by atoms with Crippen molar-refractivity contribution in [2.24, 2.45) is 5.92 Å². The fourth-order valence-corrected chi connectivity index (χ4v) is 3.18. The number of rotatable bonds is 14. The minimum absolute atomic E-state index is 0.00832. The predicted octanol–water partition coefficient (Wildman–Crippen LogP) is 8.11. The lowest BCUT2D eigenvalue weighted by Gasteiger charge is -2.11. The molecule has 0 aliphatic carbocycles. The summed E-state index contributed by atoms with van der Waals surface area (Å²) >= 11 is 0. The highest BCUT2D eigenvalue weighted by Gasteiger charge is 2.16. The molecular weight excluding hydrogens is 344 g/mol. The molecule has 1 unspecified atom stereocenters. The van der Waals surface area contributed by atoms with Gasteiger partial charge < -0.3 is 4.74 Å². The maximum atomic E-state index is 11.8. The first-order valence-electron chi connectivity index (χ1n) is 11.0. The van der Waals surface area contributed by atoms with Crippen LogP contribution in [0.25, 0.3) is 0 Å². The number of methoxy groups -OCH3 is 1. The highest BCUT2D eigenvalue weighted by Crippen LogP contribution is 2.17. The van der Waals surface area contributed by atoms with Gasteiger partial charge in [-0.05, 0) is 86.0 Å². The van der Waals surface area contributed by atoms with Gasteiger partial charge in [0, 0.05) is 0 Å². The molecular formula is C26H44O2. The van der Waals surface area contributed by atoms with Gasteiger partial charge >= 0.3 is 5.97 Å². The number of hydrogen-bond donors (Lipinski definition) is 0. The van der Waals surface area contributed by atoms with Crippen LogP contribution in [0.1, 0.15) is 99.3 Å². The summed E-state index contributed by atoms with van der Waals surface area (Å²) in [4.78, 5) is 11.8. The molecule has 28 heavy (non-hydrogen) atoms. The molecule has 0 amide bonds. The van der Waals surface area contributed by atoms with Gasteiger partial charge in [0.1, 0.15) is 0 Å². The monoisotopic (exact) mass is 388 g/mol. The molecule has 0 bridgehead atoms. The van der Waals surface area contributed by atoms with E-state index in [0.29, 0.717) is 0 Å². The van der Waals surface area contributed by atoms with Crippen molar-refractivity contribution >= 4 is 5.97 Å². The second-order valence-electron chi connectivity index (χ2n) is 8.29. The highest BCUT2D eigenvalue weighted by molar-refractivity contribution is 5.72. The summed E-state index contributed by atoms with van der Waals surface area (Å²) in [5.41, 5.74) is 5.74. The van der Waals surface area contributed by atoms with Gasteiger partial charge in [0.2, 0.25) is 0 Å². The van der Waals surface area contributed by atoms with Crippen molar-refractivity contribution in [2.75, 3.05) is 7.11 Å². The van der Waals surface area contributed by atoms with E-state index in [1.54, 1.807) is 0 Å². The molecule has 1 atom stereocenters. The Balaban J connectivity index is 4.24. The Kier molecular flexibility index (Phi) is 15.5. The van der Waals surface area contributed by atoms with Crippen LogP contribution in [0.3, 0.4) is 0 Å². The van der Waals surface area contributed by atoms with Gasteiger partial charge in [-0.2, -0.15) is 0 Å². The Labute approximate surface area is 174 Å². The van der Waals surface area contributed by atoms with Crippen LogP contribution in [-0.4, -0.2) is 13.1 Å². The third kappa shape index (κ3) is 14.5. The smallest absolute Gasteiger partial charge is 0.308 e. The number of carbonyl (C=O) groups excluding carboxylic acids is 1. The molecule has 0 aliphatic heterocycles. The van der Waals surface area contributed by atoms with Crippen LogP contribution in [-0.2, 0) is 9.53 Å². The summed E-state index contributed by atoms with van der Waals surface area (Å²) in [7, 11) is 1.48. The zero-order chi connectivity index (χ0) is 21.4. The van der Waals surface area contributed by atoms with Crippen LogP contribution in [0, 0.1) is 5.92 Å². The average Bonchev–Trinajstić information content (AvgIpc) is 2.64. The van der Waals surface area contributed by atoms with Crippen LogP contribution in [0.4, 0.5) is 0 Å². The normalized spacial score (nSPS) is 14.0. The number of carbonyl (C=O) groups is 1. The van der Waals surface area contributed by atoms with Gasteiger partial charge in [0.05, 0.1) is 13.0 Å². The van der Waals surface area contributed by atoms with E-state index in [9.17, 15) is 4.79 Å². The Morgan fingerprint density at radius 3 is 1.68 bits per heavy atom. The molecule has 0 saturated heterocycles. The van der Waals surface area contributed by atoms with Gasteiger partial charge in [-0.3, -0.25) is 4.79 Å². The van der Waals surface area contributed by atoms with Gasteiger partial charge in [-0.1, -0.05) is 59.9 Å². The van der Waals surface area contributed by atoms with E-state index in [1.165, 1.54) is 35.8 Å². The lowest BCUT2D eigenvalue weighted by molar-refractivity contribution is -0.145. The predicted molar refractivity (Wildman–Crippen MR) is 123 cm³/mol. The third-order valence-corrected chi connectivity index (χ3v) is 5.08. The lowest BCUT2D eigenvalue weighted by atomic mass is 9.97. The molecule has 0 rings (SSSR count). The van der Waals surface area contributed by atoms with Crippen molar-refractivity contribution in [3.8, 4) is 0 Å². The number of allylic oxidation sites excluding steroid dienone is 8. The molecule has 2 heteroatoms. The summed E-state index contributed by atoms with van der Waals surface area (Å²) < 4.78 is 4.91. The van der Waals surface area contributed by atoms with E-state index < -0.39 is 0 Å². The summed E-state index contributed by atoms with van der Waals surface area (Å²) in [5.74, 6) is -0.0696. The van der Waals surface area contributed by atoms with E-state index >= 15 is 0 Å². The second-order valence-corrected chi connectivity index (χ2v) is 8.29. The van der Waals surface area contributed by atoms with Crippen LogP contribution in [0.15, 0.2) is 46.6 Å². The molecule has 0 aromatic rings. The molecule has 0 saturated carbocycles. The van der Waals surface area contributed by atoms with E-state index in [1.807, 2.05) is 0 Å². The summed E-state index contributed by atoms with van der Waals surface area (Å²) in [5, 5.41) is 0. The van der Waals surface area contributed by atoms with Crippen LogP contribution in [0.5, 0.6) is 0 Å². The quantitative estimate of drug-likeness (QED) is 0.222. The Bertz CT molecular complexity index is 557. The van der Waals surface area contributed by atoms with E-state index in [2.05, 4.69) is 65.8 Å². The van der Waals surface area contributed by atoms with Crippen molar-refractivity contribution in [3.63, 3.8) is 0 Å². The van der Waals surface area contributed by atoms with E-state index in [4.69, 9.17) is 4.74 Å². The maximum absolute atomic E-state index is 11.8. The molecule has 0 N–H and O–H groups in total. The standard InChI is InChI=1S/C26H44O2/c1-8-12-25(26(27)28-7)20-19-24(6)18-11-17-23(5)16-10-15-22(4)14-9-13-21(2)3/h13,15,17,19,25H,8-12,14,16,18,20H2,1-7H3. The fourth-order valence-electron chi connectivity index (χ4n) is 3.18. The van der Waals surface area contributed by atoms with E-state index in [-0.39, 0.29) is 11.9 Å². The van der Waals surface area contributed by atoms with Crippen LogP contribution in [0.2, 0.25) is 0 Å². The lowest BCUT2D eigenvalue weighted by Crippen LogP contribution is -2.15. The molecule has 0 aromatic carbocycles. The van der Waals surface area contributed by atoms with Crippen molar-refractivity contribution < 1.29 is 9.53 Å². The van der Waals surface area contributed by atoms with Crippen molar-refractivity contribution in [1.82, 2.24) is 0 Å². The molecule has 0 aromatic heterocycles. The number of esters is 1. The first-order valence-corrected chi connectivity index (χ1v) is 11.0. The summed E-state index contributed by atoms with van der Waals surface area (Å²) in [6, 6.07) is 0. The largest absolute Gasteiger partial charge is 0.469 e. The van der Waals surface area contributed by atoms with Gasteiger partial charge in [-0.25, -0.2) is 0 Å². The molecule has 0 heterocycles. The molecule has 2 nitrogen and oxygen atoms in total. The minimum atomic E-state index is -0.0779. The van der Waals surface area contributed by atoms with Gasteiger partial charge in [0.25, 0.3) is 0 Å². The molecule has 0 aliphatic rings. The zero-order valence-electron chi connectivity index (χ0n) is 19.6. The zero-order valence-corrected chi connectivity index (χ0v) is 19.6. The van der Waals surface area contributed by atoms with Gasteiger partial charge in [0.15, 0.2) is 0 Å². The van der Waals surface area contributed by atoms with Crippen molar-refractivity contribution in [2.45, 2.75) is 99.3 Å². The molecule has 0 spiro atoms. The minimum Gasteiger partial charge on any atom is -0.469 e. The fraction of sp³-hybridized carbons (Fsp3) is 0.654. The summed E-state index contributed by atoms with van der Waals surface area (Å²) in [6.07, 6.45) is 18.7. The van der Waals surface area contributed by atoms with Gasteiger partial charge in [-0.15, -0.1) is 0 Å². The van der Waals surface area contributed by atoms with Crippen molar-refractivity contribution in [1.29, 1.82) is 0 Å². The third-order valence-electron chi connectivity index (χ3n) is 5.08. The SMILES string of the molecule is CCCC(CC=C(C)CCC=C(C)CCC=C(C)CCC=C(C)C)C(=O)OC.